The molecule has 1 aromatic heterocycles. The van der Waals surface area contributed by atoms with Gasteiger partial charge in [0.25, 0.3) is 0 Å². The van der Waals surface area contributed by atoms with Crippen molar-refractivity contribution in [3.05, 3.63) is 107 Å². The fourth-order valence-electron chi connectivity index (χ4n) is 4.11. The van der Waals surface area contributed by atoms with Gasteiger partial charge in [-0.3, -0.25) is 9.31 Å². The summed E-state index contributed by atoms with van der Waals surface area (Å²) >= 11 is -2.21. The highest BCUT2D eigenvalue weighted by molar-refractivity contribution is 7.78. The molecule has 0 saturated carbocycles. The zero-order valence-electron chi connectivity index (χ0n) is 18.5. The number of aromatic nitrogens is 2. The van der Waals surface area contributed by atoms with Crippen LogP contribution >= 0.6 is 0 Å². The molecule has 0 radical (unpaired) electrons. The number of allylic oxidation sites excluding steroid dienone is 1. The summed E-state index contributed by atoms with van der Waals surface area (Å²) in [7, 11) is 0. The van der Waals surface area contributed by atoms with Gasteiger partial charge in [-0.25, -0.2) is 4.79 Å². The van der Waals surface area contributed by atoms with Gasteiger partial charge in [-0.2, -0.15) is 5.10 Å². The molecule has 1 unspecified atom stereocenters. The lowest BCUT2D eigenvalue weighted by atomic mass is 9.86. The van der Waals surface area contributed by atoms with Crippen molar-refractivity contribution in [2.75, 3.05) is 0 Å². The van der Waals surface area contributed by atoms with Crippen LogP contribution in [-0.2, 0) is 21.6 Å². The minimum absolute atomic E-state index is 0.0629. The number of rotatable bonds is 8. The third-order valence-corrected chi connectivity index (χ3v) is 6.16. The number of fused-ring (bicyclic) bond motifs is 1. The van der Waals surface area contributed by atoms with Crippen molar-refractivity contribution in [1.82, 2.24) is 10.2 Å². The van der Waals surface area contributed by atoms with E-state index in [2.05, 4.69) is 23.2 Å². The first kappa shape index (κ1) is 23.4. The van der Waals surface area contributed by atoms with Crippen molar-refractivity contribution in [2.45, 2.75) is 19.1 Å². The number of hydrogen-bond acceptors (Lipinski definition) is 4. The number of aromatic amines is 1. The Morgan fingerprint density at radius 3 is 2.53 bits per heavy atom. The molecule has 0 bridgehead atoms. The number of nitrogens with one attached hydrogen (secondary N) is 1. The summed E-state index contributed by atoms with van der Waals surface area (Å²) in [5.74, 6) is -1.06. The van der Waals surface area contributed by atoms with Crippen LogP contribution in [0.5, 0.6) is 0 Å². The summed E-state index contributed by atoms with van der Waals surface area (Å²) in [6.45, 7) is 2.06. The largest absolute Gasteiger partial charge is 0.772 e. The average Bonchev–Trinajstić information content (AvgIpc) is 3.30. The molecular formula is C27H23N2O4S-. The summed E-state index contributed by atoms with van der Waals surface area (Å²) in [6, 6.07) is 21.3. The van der Waals surface area contributed by atoms with Gasteiger partial charge in [0.1, 0.15) is 0 Å². The van der Waals surface area contributed by atoms with E-state index >= 15 is 0 Å². The normalized spacial score (nSPS) is 13.2. The van der Waals surface area contributed by atoms with Crippen molar-refractivity contribution >= 4 is 45.2 Å². The van der Waals surface area contributed by atoms with Crippen LogP contribution in [0.2, 0.25) is 0 Å². The quantitative estimate of drug-likeness (QED) is 0.203. The van der Waals surface area contributed by atoms with Crippen LogP contribution in [0, 0.1) is 0 Å². The topological polar surface area (TPSA) is 106 Å². The number of hydrogen-bond donors (Lipinski definition) is 2. The summed E-state index contributed by atoms with van der Waals surface area (Å²) in [5, 5.41) is 17.0. The van der Waals surface area contributed by atoms with E-state index in [4.69, 9.17) is 5.11 Å². The Hall–Kier alpha value is -3.81. The van der Waals surface area contributed by atoms with Crippen molar-refractivity contribution < 1.29 is 18.7 Å². The predicted molar refractivity (Wildman–Crippen MR) is 134 cm³/mol. The molecule has 4 aromatic rings. The second-order valence-corrected chi connectivity index (χ2v) is 8.67. The molecule has 4 rings (SSSR count). The van der Waals surface area contributed by atoms with Crippen molar-refractivity contribution in [2.24, 2.45) is 0 Å². The van der Waals surface area contributed by atoms with Crippen molar-refractivity contribution in [1.29, 1.82) is 0 Å². The van der Waals surface area contributed by atoms with E-state index in [0.717, 1.165) is 55.9 Å². The first-order valence-corrected chi connectivity index (χ1v) is 12.0. The molecule has 3 aromatic carbocycles. The molecule has 0 aliphatic rings. The Balaban J connectivity index is 1.94. The molecule has 2 N–H and O–H groups in total. The maximum absolute atomic E-state index is 11.5. The Kier molecular flexibility index (Phi) is 7.15. The monoisotopic (exact) mass is 471 g/mol. The summed E-state index contributed by atoms with van der Waals surface area (Å²) < 4.78 is 23.1. The molecule has 0 amide bonds. The summed E-state index contributed by atoms with van der Waals surface area (Å²) in [4.78, 5) is 10.9. The van der Waals surface area contributed by atoms with Crippen LogP contribution in [0.3, 0.4) is 0 Å². The van der Waals surface area contributed by atoms with E-state index < -0.39 is 17.0 Å². The zero-order valence-corrected chi connectivity index (χ0v) is 19.3. The lowest BCUT2D eigenvalue weighted by Gasteiger charge is -2.19. The van der Waals surface area contributed by atoms with Gasteiger partial charge in [-0.1, -0.05) is 72.6 Å². The SMILES string of the molecule is CC/C(=C(/c1ccc(/C=C/C(=O)O)cc1)c1ccc2[nH]ncc2c1)c1ccccc1CS(=O)[O-]. The number of carbonyl (C=O) groups is 1. The molecule has 0 aliphatic carbocycles. The fourth-order valence-corrected chi connectivity index (χ4v) is 4.62. The van der Waals surface area contributed by atoms with Gasteiger partial charge in [-0.15, -0.1) is 0 Å². The maximum Gasteiger partial charge on any atom is 0.328 e. The van der Waals surface area contributed by atoms with Gasteiger partial charge in [0.2, 0.25) is 0 Å². The Bertz CT molecular complexity index is 1420. The van der Waals surface area contributed by atoms with E-state index in [-0.39, 0.29) is 5.75 Å². The second kappa shape index (κ2) is 10.4. The van der Waals surface area contributed by atoms with Crippen LogP contribution in [-0.4, -0.2) is 30.0 Å². The average molecular weight is 472 g/mol. The highest BCUT2D eigenvalue weighted by atomic mass is 32.2. The second-order valence-electron chi connectivity index (χ2n) is 7.78. The third-order valence-electron chi connectivity index (χ3n) is 5.62. The third kappa shape index (κ3) is 5.22. The molecular weight excluding hydrogens is 448 g/mol. The van der Waals surface area contributed by atoms with Gasteiger partial charge in [0.05, 0.1) is 11.7 Å². The maximum atomic E-state index is 11.5. The lowest BCUT2D eigenvalue weighted by molar-refractivity contribution is -0.131. The number of nitrogens with zero attached hydrogens (tertiary/aromatic N) is 1. The number of carboxylic acid groups (broad SMARTS) is 1. The Morgan fingerprint density at radius 1 is 1.09 bits per heavy atom. The van der Waals surface area contributed by atoms with Crippen LogP contribution in [0.25, 0.3) is 28.1 Å². The van der Waals surface area contributed by atoms with Crippen LogP contribution < -0.4 is 0 Å². The molecule has 1 atom stereocenters. The summed E-state index contributed by atoms with van der Waals surface area (Å²) in [6.07, 6.45) is 5.11. The van der Waals surface area contributed by atoms with Crippen LogP contribution in [0.15, 0.2) is 79.0 Å². The van der Waals surface area contributed by atoms with E-state index in [1.54, 1.807) is 12.3 Å². The first-order chi connectivity index (χ1) is 16.5. The Labute approximate surface area is 199 Å². The molecule has 0 fully saturated rings. The summed E-state index contributed by atoms with van der Waals surface area (Å²) in [5.41, 5.74) is 7.29. The van der Waals surface area contributed by atoms with Gasteiger partial charge in [0, 0.05) is 17.2 Å². The highest BCUT2D eigenvalue weighted by Gasteiger charge is 2.16. The van der Waals surface area contributed by atoms with Gasteiger partial charge < -0.3 is 9.66 Å². The first-order valence-electron chi connectivity index (χ1n) is 10.8. The molecule has 0 spiro atoms. The Morgan fingerprint density at radius 2 is 1.82 bits per heavy atom. The van der Waals surface area contributed by atoms with Crippen LogP contribution in [0.1, 0.15) is 41.2 Å². The standard InChI is InChI=1S/C27H24N2O4S/c1-2-23(24-6-4-3-5-21(24)17-34(32)33)27(20-12-13-25-22(15-20)16-28-29-25)19-10-7-18(8-11-19)9-14-26(30)31/h3-16H,2,17H2,1H3,(H,28,29)(H,30,31)(H,32,33)/p-1/b14-9+,27-23+. The number of benzene rings is 3. The van der Waals surface area contributed by atoms with Gasteiger partial charge in [0.15, 0.2) is 0 Å². The highest BCUT2D eigenvalue weighted by Crippen LogP contribution is 2.37. The fraction of sp³-hybridized carbons (Fsp3) is 0.111. The molecule has 7 heteroatoms. The van der Waals surface area contributed by atoms with E-state index in [9.17, 15) is 13.6 Å². The van der Waals surface area contributed by atoms with E-state index in [1.807, 2.05) is 60.7 Å². The molecule has 34 heavy (non-hydrogen) atoms. The number of carboxylic acids is 1. The smallest absolute Gasteiger partial charge is 0.328 e. The number of H-pyrrole nitrogens is 1. The number of aliphatic carboxylic acids is 1. The molecule has 1 heterocycles. The molecule has 6 nitrogen and oxygen atoms in total. The van der Waals surface area contributed by atoms with Gasteiger partial charge >= 0.3 is 5.97 Å². The minimum atomic E-state index is -2.21. The van der Waals surface area contributed by atoms with Crippen LogP contribution in [0.4, 0.5) is 0 Å². The zero-order chi connectivity index (χ0) is 24.1. The minimum Gasteiger partial charge on any atom is -0.772 e. The van der Waals surface area contributed by atoms with Crippen molar-refractivity contribution in [3.8, 4) is 0 Å². The van der Waals surface area contributed by atoms with Crippen molar-refractivity contribution in [3.63, 3.8) is 0 Å². The van der Waals surface area contributed by atoms with E-state index in [0.29, 0.717) is 6.42 Å². The molecule has 0 aliphatic heterocycles. The van der Waals surface area contributed by atoms with Gasteiger partial charge in [-0.05, 0) is 63.6 Å². The predicted octanol–water partition coefficient (Wildman–Crippen LogP) is 5.41. The molecule has 172 valence electrons. The lowest BCUT2D eigenvalue weighted by Crippen LogP contribution is -2.01. The van der Waals surface area contributed by atoms with E-state index in [1.165, 1.54) is 0 Å². The molecule has 0 saturated heterocycles.